The monoisotopic (exact) mass is 306 g/mol. The maximum absolute atomic E-state index is 12.0. The normalized spacial score (nSPS) is 10.5. The molecule has 0 aliphatic carbocycles. The summed E-state index contributed by atoms with van der Waals surface area (Å²) in [6.07, 6.45) is 0. The van der Waals surface area contributed by atoms with Crippen molar-refractivity contribution in [2.75, 3.05) is 19.8 Å². The van der Waals surface area contributed by atoms with Gasteiger partial charge in [-0.3, -0.25) is 0 Å². The molecule has 0 aliphatic rings. The Balaban J connectivity index is 2.26. The minimum atomic E-state index is -0.448. The van der Waals surface area contributed by atoms with Crippen molar-refractivity contribution in [1.82, 2.24) is 0 Å². The zero-order valence-corrected chi connectivity index (χ0v) is 12.8. The summed E-state index contributed by atoms with van der Waals surface area (Å²) in [5, 5.41) is 0.595. The minimum Gasteiger partial charge on any atom is -0.482 e. The molecule has 0 bridgehead atoms. The molecule has 0 radical (unpaired) electrons. The highest BCUT2D eigenvalue weighted by atomic mass is 16.6. The zero-order valence-electron chi connectivity index (χ0n) is 12.8. The molecule has 0 N–H and O–H groups in total. The number of fused-ring (bicyclic) bond motifs is 1. The van der Waals surface area contributed by atoms with E-state index in [1.54, 1.807) is 39.0 Å². The Morgan fingerprint density at radius 3 is 2.55 bits per heavy atom. The standard InChI is InChI=1S/C16H18O6/c1-4-19-14(17)9-21-11-6-7-13-12(8-11)15(10(3)22-13)16(18)20-5-2/h6-8H,4-5,9H2,1-3H3. The molecule has 1 aromatic carbocycles. The van der Waals surface area contributed by atoms with Crippen LogP contribution in [0.3, 0.4) is 0 Å². The van der Waals surface area contributed by atoms with E-state index in [0.29, 0.717) is 34.6 Å². The smallest absolute Gasteiger partial charge is 0.344 e. The Hall–Kier alpha value is -2.50. The zero-order chi connectivity index (χ0) is 16.1. The number of hydrogen-bond donors (Lipinski definition) is 0. The molecular weight excluding hydrogens is 288 g/mol. The van der Waals surface area contributed by atoms with Gasteiger partial charge in [0.25, 0.3) is 0 Å². The first kappa shape index (κ1) is 15.9. The van der Waals surface area contributed by atoms with Crippen LogP contribution in [0.5, 0.6) is 5.75 Å². The summed E-state index contributed by atoms with van der Waals surface area (Å²) in [4.78, 5) is 23.3. The number of esters is 2. The van der Waals surface area contributed by atoms with Crippen molar-refractivity contribution >= 4 is 22.9 Å². The Kier molecular flexibility index (Phi) is 5.04. The molecule has 0 fully saturated rings. The maximum atomic E-state index is 12.0. The van der Waals surface area contributed by atoms with Gasteiger partial charge in [0.2, 0.25) is 0 Å². The van der Waals surface area contributed by atoms with Gasteiger partial charge in [0.05, 0.1) is 13.2 Å². The molecule has 0 amide bonds. The topological polar surface area (TPSA) is 75.0 Å². The fraction of sp³-hybridized carbons (Fsp3) is 0.375. The van der Waals surface area contributed by atoms with Crippen molar-refractivity contribution in [3.8, 4) is 5.75 Å². The lowest BCUT2D eigenvalue weighted by Gasteiger charge is -2.06. The highest BCUT2D eigenvalue weighted by Crippen LogP contribution is 2.29. The van der Waals surface area contributed by atoms with Gasteiger partial charge < -0.3 is 18.6 Å². The van der Waals surface area contributed by atoms with E-state index in [1.807, 2.05) is 0 Å². The number of benzene rings is 1. The number of aryl methyl sites for hydroxylation is 1. The van der Waals surface area contributed by atoms with E-state index in [4.69, 9.17) is 18.6 Å². The van der Waals surface area contributed by atoms with Crippen LogP contribution in [0.4, 0.5) is 0 Å². The van der Waals surface area contributed by atoms with Crippen molar-refractivity contribution in [3.05, 3.63) is 29.5 Å². The van der Waals surface area contributed by atoms with Crippen LogP contribution >= 0.6 is 0 Å². The number of carbonyl (C=O) groups is 2. The molecule has 0 saturated heterocycles. The molecule has 6 nitrogen and oxygen atoms in total. The van der Waals surface area contributed by atoms with E-state index in [2.05, 4.69) is 0 Å². The SMILES string of the molecule is CCOC(=O)COc1ccc2oc(C)c(C(=O)OCC)c2c1. The Morgan fingerprint density at radius 2 is 1.86 bits per heavy atom. The van der Waals surface area contributed by atoms with Crippen LogP contribution in [0.1, 0.15) is 30.0 Å². The molecule has 1 aromatic heterocycles. The van der Waals surface area contributed by atoms with Crippen LogP contribution in [-0.4, -0.2) is 31.8 Å². The predicted octanol–water partition coefficient (Wildman–Crippen LogP) is 2.86. The number of ether oxygens (including phenoxy) is 3. The summed E-state index contributed by atoms with van der Waals surface area (Å²) in [6, 6.07) is 5.00. The molecule has 6 heteroatoms. The molecule has 2 aromatic rings. The van der Waals surface area contributed by atoms with E-state index in [0.717, 1.165) is 0 Å². The lowest BCUT2D eigenvalue weighted by molar-refractivity contribution is -0.145. The fourth-order valence-corrected chi connectivity index (χ4v) is 2.09. The minimum absolute atomic E-state index is 0.190. The van der Waals surface area contributed by atoms with E-state index in [1.165, 1.54) is 0 Å². The van der Waals surface area contributed by atoms with Crippen LogP contribution in [0.15, 0.2) is 22.6 Å². The second-order valence-electron chi connectivity index (χ2n) is 4.51. The summed E-state index contributed by atoms with van der Waals surface area (Å²) in [5.41, 5.74) is 0.933. The van der Waals surface area contributed by atoms with E-state index < -0.39 is 11.9 Å². The van der Waals surface area contributed by atoms with Gasteiger partial charge in [0.1, 0.15) is 22.7 Å². The van der Waals surface area contributed by atoms with E-state index >= 15 is 0 Å². The molecule has 2 rings (SSSR count). The molecule has 22 heavy (non-hydrogen) atoms. The van der Waals surface area contributed by atoms with Gasteiger partial charge in [-0.2, -0.15) is 0 Å². The molecular formula is C16H18O6. The van der Waals surface area contributed by atoms with Gasteiger partial charge >= 0.3 is 11.9 Å². The van der Waals surface area contributed by atoms with Gasteiger partial charge in [0.15, 0.2) is 6.61 Å². The lowest BCUT2D eigenvalue weighted by Crippen LogP contribution is -2.14. The van der Waals surface area contributed by atoms with Crippen LogP contribution in [0.25, 0.3) is 11.0 Å². The van der Waals surface area contributed by atoms with Crippen molar-refractivity contribution in [2.24, 2.45) is 0 Å². The first-order chi connectivity index (χ1) is 10.6. The third-order valence-corrected chi connectivity index (χ3v) is 2.98. The summed E-state index contributed by atoms with van der Waals surface area (Å²) in [6.45, 7) is 5.56. The van der Waals surface area contributed by atoms with Gasteiger partial charge in [-0.1, -0.05) is 0 Å². The third kappa shape index (κ3) is 3.39. The average Bonchev–Trinajstić information content (AvgIpc) is 2.81. The fourth-order valence-electron chi connectivity index (χ4n) is 2.09. The number of furan rings is 1. The molecule has 0 atom stereocenters. The maximum Gasteiger partial charge on any atom is 0.344 e. The van der Waals surface area contributed by atoms with Crippen molar-refractivity contribution < 1.29 is 28.2 Å². The lowest BCUT2D eigenvalue weighted by atomic mass is 10.1. The van der Waals surface area contributed by atoms with Gasteiger partial charge in [-0.25, -0.2) is 9.59 Å². The second-order valence-corrected chi connectivity index (χ2v) is 4.51. The molecule has 118 valence electrons. The first-order valence-electron chi connectivity index (χ1n) is 7.05. The first-order valence-corrected chi connectivity index (χ1v) is 7.05. The molecule has 0 spiro atoms. The van der Waals surface area contributed by atoms with Crippen molar-refractivity contribution in [2.45, 2.75) is 20.8 Å². The molecule has 1 heterocycles. The summed E-state index contributed by atoms with van der Waals surface area (Å²) >= 11 is 0. The predicted molar refractivity (Wildman–Crippen MR) is 79.0 cm³/mol. The number of carbonyl (C=O) groups excluding carboxylic acids is 2. The summed E-state index contributed by atoms with van der Waals surface area (Å²) in [7, 11) is 0. The van der Waals surface area contributed by atoms with E-state index in [9.17, 15) is 9.59 Å². The number of rotatable bonds is 6. The van der Waals surface area contributed by atoms with Crippen molar-refractivity contribution in [3.63, 3.8) is 0 Å². The van der Waals surface area contributed by atoms with Gasteiger partial charge in [-0.05, 0) is 39.0 Å². The Labute approximate surface area is 127 Å². The van der Waals surface area contributed by atoms with Gasteiger partial charge in [-0.15, -0.1) is 0 Å². The Morgan fingerprint density at radius 1 is 1.14 bits per heavy atom. The number of hydrogen-bond acceptors (Lipinski definition) is 6. The van der Waals surface area contributed by atoms with Gasteiger partial charge in [0, 0.05) is 5.39 Å². The quantitative estimate of drug-likeness (QED) is 0.764. The largest absolute Gasteiger partial charge is 0.482 e. The van der Waals surface area contributed by atoms with Crippen LogP contribution < -0.4 is 4.74 Å². The highest BCUT2D eigenvalue weighted by Gasteiger charge is 2.20. The summed E-state index contributed by atoms with van der Waals surface area (Å²) < 4.78 is 20.7. The van der Waals surface area contributed by atoms with Crippen LogP contribution in [0.2, 0.25) is 0 Å². The summed E-state index contributed by atoms with van der Waals surface area (Å²) in [5.74, 6) is 0.0424. The van der Waals surface area contributed by atoms with Crippen molar-refractivity contribution in [1.29, 1.82) is 0 Å². The molecule has 0 aliphatic heterocycles. The van der Waals surface area contributed by atoms with Crippen LogP contribution in [-0.2, 0) is 14.3 Å². The van der Waals surface area contributed by atoms with Crippen LogP contribution in [0, 0.1) is 6.92 Å². The molecule has 0 saturated carbocycles. The van der Waals surface area contributed by atoms with E-state index in [-0.39, 0.29) is 13.2 Å². The second kappa shape index (κ2) is 6.98. The highest BCUT2D eigenvalue weighted by molar-refractivity contribution is 6.04. The Bertz CT molecular complexity index is 685. The molecule has 0 unspecified atom stereocenters. The average molecular weight is 306 g/mol. The third-order valence-electron chi connectivity index (χ3n) is 2.98.